The molecule has 3 rings (SSSR count). The van der Waals surface area contributed by atoms with Crippen molar-refractivity contribution in [1.82, 2.24) is 0 Å². The Bertz CT molecular complexity index is 668. The van der Waals surface area contributed by atoms with Crippen LogP contribution in [-0.2, 0) is 4.79 Å². The van der Waals surface area contributed by atoms with Crippen molar-refractivity contribution in [2.45, 2.75) is 32.9 Å². The van der Waals surface area contributed by atoms with Gasteiger partial charge in [0.1, 0.15) is 0 Å². The van der Waals surface area contributed by atoms with E-state index in [0.29, 0.717) is 5.92 Å². The second-order valence-electron chi connectivity index (χ2n) is 6.04. The molecular weight excluding hydrogens is 272 g/mol. The third kappa shape index (κ3) is 2.47. The first-order valence-corrected chi connectivity index (χ1v) is 7.80. The Kier molecular flexibility index (Phi) is 3.88. The standard InChI is InChI=1S/C19H22N2O/c1-13-14(2)21(15(3)22)18-12-8-7-11-17(18)19(13)20-16-9-5-4-6-10-16/h4-14,19-20H,1-3H3/t13?,14-,19?/m0/s1. The lowest BCUT2D eigenvalue weighted by molar-refractivity contribution is -0.117. The van der Waals surface area contributed by atoms with Gasteiger partial charge in [0.25, 0.3) is 0 Å². The molecule has 0 bridgehead atoms. The largest absolute Gasteiger partial charge is 0.378 e. The van der Waals surface area contributed by atoms with Gasteiger partial charge in [-0.2, -0.15) is 0 Å². The molecule has 0 saturated heterocycles. The smallest absolute Gasteiger partial charge is 0.224 e. The predicted octanol–water partition coefficient (Wildman–Crippen LogP) is 4.23. The van der Waals surface area contributed by atoms with Crippen LogP contribution in [0.5, 0.6) is 0 Å². The van der Waals surface area contributed by atoms with Crippen molar-refractivity contribution in [2.75, 3.05) is 10.2 Å². The first-order valence-electron chi connectivity index (χ1n) is 7.80. The van der Waals surface area contributed by atoms with Gasteiger partial charge in [0, 0.05) is 30.3 Å². The summed E-state index contributed by atoms with van der Waals surface area (Å²) in [4.78, 5) is 14.0. The minimum Gasteiger partial charge on any atom is -0.378 e. The maximum absolute atomic E-state index is 12.1. The van der Waals surface area contributed by atoms with Crippen LogP contribution in [0, 0.1) is 5.92 Å². The number of amides is 1. The Labute approximate surface area is 132 Å². The highest BCUT2D eigenvalue weighted by Crippen LogP contribution is 2.42. The molecule has 2 aromatic carbocycles. The Balaban J connectivity index is 2.03. The van der Waals surface area contributed by atoms with Gasteiger partial charge < -0.3 is 10.2 Å². The fourth-order valence-corrected chi connectivity index (χ4v) is 3.37. The monoisotopic (exact) mass is 294 g/mol. The number of benzene rings is 2. The lowest BCUT2D eigenvalue weighted by Gasteiger charge is -2.44. The van der Waals surface area contributed by atoms with Crippen molar-refractivity contribution in [2.24, 2.45) is 5.92 Å². The summed E-state index contributed by atoms with van der Waals surface area (Å²) in [6.07, 6.45) is 0. The van der Waals surface area contributed by atoms with Gasteiger partial charge in [-0.3, -0.25) is 4.79 Å². The molecular formula is C19H22N2O. The summed E-state index contributed by atoms with van der Waals surface area (Å²) >= 11 is 0. The van der Waals surface area contributed by atoms with E-state index in [1.165, 1.54) is 5.56 Å². The number of para-hydroxylation sites is 2. The van der Waals surface area contributed by atoms with Gasteiger partial charge >= 0.3 is 0 Å². The van der Waals surface area contributed by atoms with Crippen LogP contribution in [-0.4, -0.2) is 11.9 Å². The molecule has 1 aliphatic heterocycles. The maximum Gasteiger partial charge on any atom is 0.224 e. The lowest BCUT2D eigenvalue weighted by Crippen LogP contribution is -2.48. The molecule has 1 amide bonds. The Morgan fingerprint density at radius 3 is 2.32 bits per heavy atom. The minimum absolute atomic E-state index is 0.102. The van der Waals surface area contributed by atoms with Gasteiger partial charge in [0.15, 0.2) is 0 Å². The van der Waals surface area contributed by atoms with Crippen molar-refractivity contribution in [3.63, 3.8) is 0 Å². The Hall–Kier alpha value is -2.29. The molecule has 3 heteroatoms. The summed E-state index contributed by atoms with van der Waals surface area (Å²) < 4.78 is 0. The summed E-state index contributed by atoms with van der Waals surface area (Å²) in [5, 5.41) is 3.64. The maximum atomic E-state index is 12.1. The first kappa shape index (κ1) is 14.6. The van der Waals surface area contributed by atoms with E-state index in [-0.39, 0.29) is 18.0 Å². The summed E-state index contributed by atoms with van der Waals surface area (Å²) in [5.41, 5.74) is 3.32. The SMILES string of the molecule is CC(=O)N1c2ccccc2C(Nc2ccccc2)C(C)[C@@H]1C. The molecule has 1 heterocycles. The topological polar surface area (TPSA) is 32.3 Å². The van der Waals surface area contributed by atoms with Crippen LogP contribution in [0.15, 0.2) is 54.6 Å². The van der Waals surface area contributed by atoms with Gasteiger partial charge in [0.2, 0.25) is 5.91 Å². The number of hydrogen-bond donors (Lipinski definition) is 1. The molecule has 0 fully saturated rings. The van der Waals surface area contributed by atoms with Crippen LogP contribution >= 0.6 is 0 Å². The van der Waals surface area contributed by atoms with Crippen molar-refractivity contribution in [3.05, 3.63) is 60.2 Å². The van der Waals surface area contributed by atoms with E-state index in [4.69, 9.17) is 0 Å². The fourth-order valence-electron chi connectivity index (χ4n) is 3.37. The lowest BCUT2D eigenvalue weighted by atomic mass is 9.82. The summed E-state index contributed by atoms with van der Waals surface area (Å²) in [6, 6.07) is 18.8. The number of rotatable bonds is 2. The molecule has 2 unspecified atom stereocenters. The van der Waals surface area contributed by atoms with E-state index < -0.39 is 0 Å². The van der Waals surface area contributed by atoms with Crippen molar-refractivity contribution in [1.29, 1.82) is 0 Å². The highest BCUT2D eigenvalue weighted by Gasteiger charge is 2.37. The molecule has 114 valence electrons. The molecule has 2 aromatic rings. The number of fused-ring (bicyclic) bond motifs is 1. The van der Waals surface area contributed by atoms with Gasteiger partial charge in [-0.15, -0.1) is 0 Å². The molecule has 22 heavy (non-hydrogen) atoms. The summed E-state index contributed by atoms with van der Waals surface area (Å²) in [5.74, 6) is 0.420. The molecule has 3 nitrogen and oxygen atoms in total. The average Bonchev–Trinajstić information content (AvgIpc) is 2.52. The second-order valence-corrected chi connectivity index (χ2v) is 6.04. The van der Waals surface area contributed by atoms with E-state index >= 15 is 0 Å². The van der Waals surface area contributed by atoms with Gasteiger partial charge in [-0.25, -0.2) is 0 Å². The number of hydrogen-bond acceptors (Lipinski definition) is 2. The van der Waals surface area contributed by atoms with Crippen LogP contribution < -0.4 is 10.2 Å². The van der Waals surface area contributed by atoms with Crippen LogP contribution in [0.3, 0.4) is 0 Å². The van der Waals surface area contributed by atoms with Crippen molar-refractivity contribution >= 4 is 17.3 Å². The van der Waals surface area contributed by atoms with E-state index in [0.717, 1.165) is 11.4 Å². The molecule has 0 radical (unpaired) electrons. The van der Waals surface area contributed by atoms with E-state index in [1.807, 2.05) is 41.3 Å². The highest BCUT2D eigenvalue weighted by atomic mass is 16.2. The van der Waals surface area contributed by atoms with Crippen molar-refractivity contribution in [3.8, 4) is 0 Å². The van der Waals surface area contributed by atoms with Crippen molar-refractivity contribution < 1.29 is 4.79 Å². The average molecular weight is 294 g/mol. The Morgan fingerprint density at radius 1 is 1.00 bits per heavy atom. The van der Waals surface area contributed by atoms with E-state index in [1.54, 1.807) is 6.92 Å². The van der Waals surface area contributed by atoms with Crippen LogP contribution in [0.25, 0.3) is 0 Å². The van der Waals surface area contributed by atoms with Crippen LogP contribution in [0.1, 0.15) is 32.4 Å². The van der Waals surface area contributed by atoms with E-state index in [2.05, 4.69) is 37.4 Å². The Morgan fingerprint density at radius 2 is 1.64 bits per heavy atom. The molecule has 0 aromatic heterocycles. The number of anilines is 2. The zero-order chi connectivity index (χ0) is 15.7. The number of carbonyl (C=O) groups is 1. The normalized spacial score (nSPS) is 23.8. The third-order valence-corrected chi connectivity index (χ3v) is 4.66. The summed E-state index contributed by atoms with van der Waals surface area (Å²) in [6.45, 7) is 5.98. The van der Waals surface area contributed by atoms with E-state index in [9.17, 15) is 4.79 Å². The van der Waals surface area contributed by atoms with Gasteiger partial charge in [-0.1, -0.05) is 43.3 Å². The highest BCUT2D eigenvalue weighted by molar-refractivity contribution is 5.93. The minimum atomic E-state index is 0.102. The molecule has 0 aliphatic carbocycles. The number of carbonyl (C=O) groups excluding carboxylic acids is 1. The molecule has 1 aliphatic rings. The number of nitrogens with zero attached hydrogens (tertiary/aromatic N) is 1. The molecule has 0 spiro atoms. The van der Waals surface area contributed by atoms with Gasteiger partial charge in [-0.05, 0) is 30.7 Å². The van der Waals surface area contributed by atoms with Gasteiger partial charge in [0.05, 0.1) is 6.04 Å². The molecule has 3 atom stereocenters. The third-order valence-electron chi connectivity index (χ3n) is 4.66. The zero-order valence-corrected chi connectivity index (χ0v) is 13.3. The molecule has 0 saturated carbocycles. The van der Waals surface area contributed by atoms with Crippen LogP contribution in [0.2, 0.25) is 0 Å². The summed E-state index contributed by atoms with van der Waals surface area (Å²) in [7, 11) is 0. The quantitative estimate of drug-likeness (QED) is 0.899. The first-order chi connectivity index (χ1) is 10.6. The predicted molar refractivity (Wildman–Crippen MR) is 91.0 cm³/mol. The fraction of sp³-hybridized carbons (Fsp3) is 0.316. The zero-order valence-electron chi connectivity index (χ0n) is 13.3. The second kappa shape index (κ2) is 5.84. The van der Waals surface area contributed by atoms with Crippen LogP contribution in [0.4, 0.5) is 11.4 Å². The number of nitrogens with one attached hydrogen (secondary N) is 1. The molecule has 1 N–H and O–H groups in total.